The van der Waals surface area contributed by atoms with E-state index < -0.39 is 6.10 Å². The number of nitrogens with zero attached hydrogens (tertiary/aromatic N) is 1. The number of carbonyl (C=O) groups excluding carboxylic acids is 1. The zero-order valence-electron chi connectivity index (χ0n) is 11.4. The Morgan fingerprint density at radius 1 is 1.37 bits per heavy atom. The first-order valence-electron chi connectivity index (χ1n) is 6.91. The van der Waals surface area contributed by atoms with E-state index in [1.165, 1.54) is 16.5 Å². The van der Waals surface area contributed by atoms with E-state index in [9.17, 15) is 9.90 Å². The standard InChI is InChI=1S/C16H19NO2/c1-10-6-7-14-13(8-10)12-4-3-5-15(19)16(12)17(14)9-11(2)18/h6-8,11,18H,3-5,9H2,1-2H3. The van der Waals surface area contributed by atoms with Crippen LogP contribution in [0.5, 0.6) is 0 Å². The summed E-state index contributed by atoms with van der Waals surface area (Å²) >= 11 is 0. The number of aromatic nitrogens is 1. The molecule has 3 heteroatoms. The summed E-state index contributed by atoms with van der Waals surface area (Å²) in [7, 11) is 0. The van der Waals surface area contributed by atoms with Crippen LogP contribution in [0.1, 0.15) is 41.4 Å². The molecule has 0 saturated heterocycles. The molecule has 100 valence electrons. The molecule has 0 aliphatic heterocycles. The van der Waals surface area contributed by atoms with Gasteiger partial charge in [-0.15, -0.1) is 0 Å². The lowest BCUT2D eigenvalue weighted by atomic mass is 9.94. The first-order chi connectivity index (χ1) is 9.08. The normalized spacial score (nSPS) is 16.7. The lowest BCUT2D eigenvalue weighted by molar-refractivity contribution is 0.0959. The Morgan fingerprint density at radius 2 is 2.16 bits per heavy atom. The van der Waals surface area contributed by atoms with Crippen molar-refractivity contribution < 1.29 is 9.90 Å². The van der Waals surface area contributed by atoms with Crippen LogP contribution >= 0.6 is 0 Å². The van der Waals surface area contributed by atoms with E-state index in [4.69, 9.17) is 0 Å². The highest BCUT2D eigenvalue weighted by Crippen LogP contribution is 2.32. The maximum atomic E-state index is 12.2. The summed E-state index contributed by atoms with van der Waals surface area (Å²) in [6.45, 7) is 4.32. The first-order valence-corrected chi connectivity index (χ1v) is 6.91. The van der Waals surface area contributed by atoms with E-state index in [-0.39, 0.29) is 5.78 Å². The number of aliphatic hydroxyl groups is 1. The summed E-state index contributed by atoms with van der Waals surface area (Å²) in [5, 5.41) is 10.9. The van der Waals surface area contributed by atoms with Crippen LogP contribution in [0, 0.1) is 6.92 Å². The largest absolute Gasteiger partial charge is 0.392 e. The summed E-state index contributed by atoms with van der Waals surface area (Å²) in [6, 6.07) is 6.29. The summed E-state index contributed by atoms with van der Waals surface area (Å²) in [4.78, 5) is 12.2. The van der Waals surface area contributed by atoms with Crippen molar-refractivity contribution in [3.8, 4) is 0 Å². The maximum absolute atomic E-state index is 12.2. The number of aliphatic hydroxyl groups excluding tert-OH is 1. The van der Waals surface area contributed by atoms with Gasteiger partial charge in [0.25, 0.3) is 0 Å². The predicted octanol–water partition coefficient (Wildman–Crippen LogP) is 2.85. The summed E-state index contributed by atoms with van der Waals surface area (Å²) < 4.78 is 2.01. The van der Waals surface area contributed by atoms with Crippen molar-refractivity contribution in [2.24, 2.45) is 0 Å². The van der Waals surface area contributed by atoms with Crippen molar-refractivity contribution in [3.63, 3.8) is 0 Å². The van der Waals surface area contributed by atoms with Crippen molar-refractivity contribution in [2.75, 3.05) is 0 Å². The Morgan fingerprint density at radius 3 is 2.89 bits per heavy atom. The van der Waals surface area contributed by atoms with E-state index in [1.54, 1.807) is 6.92 Å². The van der Waals surface area contributed by atoms with Gasteiger partial charge in [-0.25, -0.2) is 0 Å². The summed E-state index contributed by atoms with van der Waals surface area (Å²) in [6.07, 6.45) is 2.08. The van der Waals surface area contributed by atoms with Gasteiger partial charge in [-0.05, 0) is 44.4 Å². The Hall–Kier alpha value is -1.61. The third-order valence-electron chi connectivity index (χ3n) is 3.87. The average Bonchev–Trinajstić information content (AvgIpc) is 2.64. The molecule has 2 aromatic rings. The molecule has 1 aromatic heterocycles. The molecule has 3 nitrogen and oxygen atoms in total. The zero-order valence-corrected chi connectivity index (χ0v) is 11.4. The molecule has 1 N–H and O–H groups in total. The lowest BCUT2D eigenvalue weighted by Gasteiger charge is -2.16. The second kappa shape index (κ2) is 4.49. The van der Waals surface area contributed by atoms with Crippen LogP contribution in [0.2, 0.25) is 0 Å². The highest BCUT2D eigenvalue weighted by atomic mass is 16.3. The quantitative estimate of drug-likeness (QED) is 0.899. The average molecular weight is 257 g/mol. The molecule has 0 amide bonds. The number of aryl methyl sites for hydroxylation is 2. The van der Waals surface area contributed by atoms with Gasteiger partial charge in [0.2, 0.25) is 0 Å². The van der Waals surface area contributed by atoms with Gasteiger partial charge in [-0.1, -0.05) is 11.6 Å². The monoisotopic (exact) mass is 257 g/mol. The van der Waals surface area contributed by atoms with Crippen LogP contribution in [0.15, 0.2) is 18.2 Å². The Balaban J connectivity index is 2.32. The highest BCUT2D eigenvalue weighted by Gasteiger charge is 2.26. The fraction of sp³-hybridized carbons (Fsp3) is 0.438. The van der Waals surface area contributed by atoms with Crippen LogP contribution in [0.3, 0.4) is 0 Å². The highest BCUT2D eigenvalue weighted by molar-refractivity contribution is 6.04. The maximum Gasteiger partial charge on any atom is 0.179 e. The van der Waals surface area contributed by atoms with Crippen LogP contribution < -0.4 is 0 Å². The Kier molecular flexibility index (Phi) is 2.94. The molecule has 1 unspecified atom stereocenters. The molecule has 1 aliphatic rings. The van der Waals surface area contributed by atoms with Gasteiger partial charge >= 0.3 is 0 Å². The van der Waals surface area contributed by atoms with E-state index in [2.05, 4.69) is 25.1 Å². The third-order valence-corrected chi connectivity index (χ3v) is 3.87. The molecule has 19 heavy (non-hydrogen) atoms. The number of hydrogen-bond acceptors (Lipinski definition) is 2. The number of rotatable bonds is 2. The summed E-state index contributed by atoms with van der Waals surface area (Å²) in [5.41, 5.74) is 4.29. The second-order valence-corrected chi connectivity index (χ2v) is 5.58. The van der Waals surface area contributed by atoms with Gasteiger partial charge in [0, 0.05) is 23.9 Å². The van der Waals surface area contributed by atoms with Crippen molar-refractivity contribution in [3.05, 3.63) is 35.0 Å². The second-order valence-electron chi connectivity index (χ2n) is 5.58. The molecule has 1 aromatic carbocycles. The molecule has 0 fully saturated rings. The van der Waals surface area contributed by atoms with Crippen LogP contribution in [0.4, 0.5) is 0 Å². The molecule has 1 heterocycles. The molecular weight excluding hydrogens is 238 g/mol. The van der Waals surface area contributed by atoms with Gasteiger partial charge in [-0.2, -0.15) is 0 Å². The SMILES string of the molecule is Cc1ccc2c(c1)c1c(n2CC(C)O)C(=O)CCC1. The molecule has 1 aliphatic carbocycles. The fourth-order valence-electron chi connectivity index (χ4n) is 3.11. The zero-order chi connectivity index (χ0) is 13.6. The van der Waals surface area contributed by atoms with Gasteiger partial charge < -0.3 is 9.67 Å². The lowest BCUT2D eigenvalue weighted by Crippen LogP contribution is -2.19. The van der Waals surface area contributed by atoms with Gasteiger partial charge in [0.05, 0.1) is 11.8 Å². The number of hydrogen-bond donors (Lipinski definition) is 1. The smallest absolute Gasteiger partial charge is 0.179 e. The van der Waals surface area contributed by atoms with Crippen molar-refractivity contribution in [1.82, 2.24) is 4.57 Å². The number of carbonyl (C=O) groups is 1. The molecule has 0 spiro atoms. The third kappa shape index (κ3) is 1.98. The fourth-order valence-corrected chi connectivity index (χ4v) is 3.11. The van der Waals surface area contributed by atoms with E-state index in [1.807, 2.05) is 4.57 Å². The first kappa shape index (κ1) is 12.4. The minimum absolute atomic E-state index is 0.218. The molecule has 1 atom stereocenters. The van der Waals surface area contributed by atoms with Gasteiger partial charge in [0.1, 0.15) is 0 Å². The number of ketones is 1. The van der Waals surface area contributed by atoms with E-state index in [0.717, 1.165) is 24.1 Å². The number of Topliss-reactive ketones (excluding diaryl/α,β-unsaturated/α-hetero) is 1. The van der Waals surface area contributed by atoms with Crippen LogP contribution in [-0.2, 0) is 13.0 Å². The molecule has 0 saturated carbocycles. The van der Waals surface area contributed by atoms with Crippen LogP contribution in [-0.4, -0.2) is 21.6 Å². The summed E-state index contributed by atoms with van der Waals surface area (Å²) in [5.74, 6) is 0.218. The van der Waals surface area contributed by atoms with Crippen molar-refractivity contribution in [2.45, 2.75) is 45.8 Å². The van der Waals surface area contributed by atoms with Crippen molar-refractivity contribution >= 4 is 16.7 Å². The molecule has 0 radical (unpaired) electrons. The molecule has 0 bridgehead atoms. The molecular formula is C16H19NO2. The van der Waals surface area contributed by atoms with Crippen molar-refractivity contribution in [1.29, 1.82) is 0 Å². The Bertz CT molecular complexity index is 652. The van der Waals surface area contributed by atoms with Crippen LogP contribution in [0.25, 0.3) is 10.9 Å². The minimum Gasteiger partial charge on any atom is -0.392 e. The Labute approximate surface area is 112 Å². The minimum atomic E-state index is -0.448. The molecule has 3 rings (SSSR count). The number of benzene rings is 1. The topological polar surface area (TPSA) is 42.2 Å². The van der Waals surface area contributed by atoms with Gasteiger partial charge in [-0.3, -0.25) is 4.79 Å². The van der Waals surface area contributed by atoms with Gasteiger partial charge in [0.15, 0.2) is 5.78 Å². The van der Waals surface area contributed by atoms with E-state index in [0.29, 0.717) is 13.0 Å². The number of fused-ring (bicyclic) bond motifs is 3. The predicted molar refractivity (Wildman–Crippen MR) is 75.6 cm³/mol. The van der Waals surface area contributed by atoms with E-state index >= 15 is 0 Å².